The van der Waals surface area contributed by atoms with Gasteiger partial charge in [-0.3, -0.25) is 10.00 Å². The maximum absolute atomic E-state index is 13.6. The van der Waals surface area contributed by atoms with E-state index in [-0.39, 0.29) is 5.82 Å². The fraction of sp³-hybridized carbons (Fsp3) is 0.467. The molecule has 1 saturated heterocycles. The summed E-state index contributed by atoms with van der Waals surface area (Å²) in [7, 11) is 1.94. The second-order valence-electron chi connectivity index (χ2n) is 5.46. The predicted octanol–water partition coefficient (Wildman–Crippen LogP) is 2.08. The minimum Gasteiger partial charge on any atom is -0.381 e. The number of hydrogen-bond donors (Lipinski definition) is 1. The van der Waals surface area contributed by atoms with Crippen molar-refractivity contribution in [2.24, 2.45) is 0 Å². The molecule has 0 spiro atoms. The van der Waals surface area contributed by atoms with Crippen LogP contribution in [-0.2, 0) is 17.8 Å². The number of benzene rings is 1. The van der Waals surface area contributed by atoms with Crippen LogP contribution < -0.4 is 0 Å². The zero-order valence-corrected chi connectivity index (χ0v) is 12.1. The van der Waals surface area contributed by atoms with Crippen LogP contribution in [0.15, 0.2) is 24.3 Å². The Balaban J connectivity index is 1.60. The molecule has 0 bridgehead atoms. The SMILES string of the molecule is CN(Cc1nc([C@@H]2CCOC2)n[nH]1)Cc1ccccc1F. The van der Waals surface area contributed by atoms with Crippen molar-refractivity contribution in [1.82, 2.24) is 20.1 Å². The first-order chi connectivity index (χ1) is 10.2. The van der Waals surface area contributed by atoms with E-state index >= 15 is 0 Å². The first kappa shape index (κ1) is 14.2. The molecule has 21 heavy (non-hydrogen) atoms. The number of hydrogen-bond acceptors (Lipinski definition) is 4. The summed E-state index contributed by atoms with van der Waals surface area (Å²) in [5.74, 6) is 1.75. The van der Waals surface area contributed by atoms with Gasteiger partial charge in [0.1, 0.15) is 11.6 Å². The summed E-state index contributed by atoms with van der Waals surface area (Å²) in [6.45, 7) is 2.62. The Hall–Kier alpha value is -1.79. The van der Waals surface area contributed by atoms with Gasteiger partial charge in [-0.15, -0.1) is 0 Å². The average Bonchev–Trinajstić information content (AvgIpc) is 3.12. The minimum atomic E-state index is -0.175. The molecule has 0 unspecified atom stereocenters. The topological polar surface area (TPSA) is 54.0 Å². The molecule has 2 heterocycles. The molecular formula is C15H19FN4O. The highest BCUT2D eigenvalue weighted by Gasteiger charge is 2.22. The first-order valence-corrected chi connectivity index (χ1v) is 7.13. The van der Waals surface area contributed by atoms with Crippen molar-refractivity contribution < 1.29 is 9.13 Å². The maximum Gasteiger partial charge on any atom is 0.156 e. The van der Waals surface area contributed by atoms with Gasteiger partial charge in [-0.05, 0) is 19.5 Å². The maximum atomic E-state index is 13.6. The number of ether oxygens (including phenoxy) is 1. The Labute approximate surface area is 123 Å². The fourth-order valence-electron chi connectivity index (χ4n) is 2.53. The van der Waals surface area contributed by atoms with Crippen LogP contribution in [0, 0.1) is 5.82 Å². The van der Waals surface area contributed by atoms with Crippen LogP contribution >= 0.6 is 0 Å². The molecule has 1 aromatic heterocycles. The minimum absolute atomic E-state index is 0.175. The molecule has 1 aromatic carbocycles. The van der Waals surface area contributed by atoms with Crippen molar-refractivity contribution in [1.29, 1.82) is 0 Å². The molecule has 3 rings (SSSR count). The van der Waals surface area contributed by atoms with Crippen molar-refractivity contribution in [3.63, 3.8) is 0 Å². The zero-order chi connectivity index (χ0) is 14.7. The molecular weight excluding hydrogens is 271 g/mol. The van der Waals surface area contributed by atoms with Crippen molar-refractivity contribution in [2.75, 3.05) is 20.3 Å². The lowest BCUT2D eigenvalue weighted by atomic mass is 10.1. The second-order valence-corrected chi connectivity index (χ2v) is 5.46. The highest BCUT2D eigenvalue weighted by molar-refractivity contribution is 5.17. The van der Waals surface area contributed by atoms with Crippen LogP contribution in [0.1, 0.15) is 29.6 Å². The average molecular weight is 290 g/mol. The van der Waals surface area contributed by atoms with E-state index in [2.05, 4.69) is 15.2 Å². The second kappa shape index (κ2) is 6.32. The Morgan fingerprint density at radius 2 is 2.24 bits per heavy atom. The summed E-state index contributed by atoms with van der Waals surface area (Å²) in [6, 6.07) is 6.83. The quantitative estimate of drug-likeness (QED) is 0.916. The highest BCUT2D eigenvalue weighted by Crippen LogP contribution is 2.21. The Bertz CT molecular complexity index is 595. The largest absolute Gasteiger partial charge is 0.381 e. The lowest BCUT2D eigenvalue weighted by Crippen LogP contribution is -2.18. The van der Waals surface area contributed by atoms with Gasteiger partial charge in [-0.25, -0.2) is 9.37 Å². The number of H-pyrrole nitrogens is 1. The molecule has 5 nitrogen and oxygen atoms in total. The van der Waals surface area contributed by atoms with E-state index in [1.54, 1.807) is 12.1 Å². The molecule has 2 aromatic rings. The third-order valence-electron chi connectivity index (χ3n) is 3.66. The van der Waals surface area contributed by atoms with Crippen LogP contribution in [-0.4, -0.2) is 40.3 Å². The smallest absolute Gasteiger partial charge is 0.156 e. The lowest BCUT2D eigenvalue weighted by Gasteiger charge is -2.15. The van der Waals surface area contributed by atoms with Crippen molar-refractivity contribution >= 4 is 0 Å². The van der Waals surface area contributed by atoms with Crippen LogP contribution in [0.5, 0.6) is 0 Å². The molecule has 0 saturated carbocycles. The molecule has 6 heteroatoms. The standard InChI is InChI=1S/C15H19FN4O/c1-20(8-11-4-2-3-5-13(11)16)9-14-17-15(19-18-14)12-6-7-21-10-12/h2-5,12H,6-10H2,1H3,(H,17,18,19)/t12-/m1/s1. The van der Waals surface area contributed by atoms with Gasteiger partial charge in [0.2, 0.25) is 0 Å². The van der Waals surface area contributed by atoms with E-state index in [0.717, 1.165) is 24.7 Å². The fourth-order valence-corrected chi connectivity index (χ4v) is 2.53. The third-order valence-corrected chi connectivity index (χ3v) is 3.66. The van der Waals surface area contributed by atoms with Gasteiger partial charge in [0, 0.05) is 24.6 Å². The van der Waals surface area contributed by atoms with E-state index in [0.29, 0.717) is 31.2 Å². The van der Waals surface area contributed by atoms with Gasteiger partial charge >= 0.3 is 0 Å². The van der Waals surface area contributed by atoms with E-state index in [1.165, 1.54) is 6.07 Å². The third kappa shape index (κ3) is 3.46. The van der Waals surface area contributed by atoms with Gasteiger partial charge in [0.25, 0.3) is 0 Å². The van der Waals surface area contributed by atoms with Gasteiger partial charge in [0.15, 0.2) is 5.82 Å². The molecule has 1 fully saturated rings. The molecule has 0 amide bonds. The summed E-state index contributed by atoms with van der Waals surface area (Å²) in [5, 5.41) is 7.22. The number of rotatable bonds is 5. The molecule has 1 atom stereocenters. The molecule has 1 aliphatic rings. The normalized spacial score (nSPS) is 18.5. The zero-order valence-electron chi connectivity index (χ0n) is 12.1. The monoisotopic (exact) mass is 290 g/mol. The molecule has 0 radical (unpaired) electrons. The summed E-state index contributed by atoms with van der Waals surface area (Å²) in [5.41, 5.74) is 0.684. The van der Waals surface area contributed by atoms with Crippen molar-refractivity contribution in [3.05, 3.63) is 47.3 Å². The molecule has 0 aliphatic carbocycles. The first-order valence-electron chi connectivity index (χ1n) is 7.13. The van der Waals surface area contributed by atoms with Gasteiger partial charge in [-0.2, -0.15) is 5.10 Å². The number of aromatic nitrogens is 3. The number of halogens is 1. The van der Waals surface area contributed by atoms with E-state index in [4.69, 9.17) is 4.74 Å². The van der Waals surface area contributed by atoms with Crippen molar-refractivity contribution in [2.45, 2.75) is 25.4 Å². The predicted molar refractivity (Wildman–Crippen MR) is 76.1 cm³/mol. The number of nitrogens with zero attached hydrogens (tertiary/aromatic N) is 3. The summed E-state index contributed by atoms with van der Waals surface area (Å²) in [4.78, 5) is 6.52. The Morgan fingerprint density at radius 3 is 3.00 bits per heavy atom. The van der Waals surface area contributed by atoms with Crippen LogP contribution in [0.25, 0.3) is 0 Å². The number of nitrogens with one attached hydrogen (secondary N) is 1. The van der Waals surface area contributed by atoms with Crippen LogP contribution in [0.3, 0.4) is 0 Å². The van der Waals surface area contributed by atoms with Crippen molar-refractivity contribution in [3.8, 4) is 0 Å². The lowest BCUT2D eigenvalue weighted by molar-refractivity contribution is 0.193. The molecule has 1 N–H and O–H groups in total. The van der Waals surface area contributed by atoms with Gasteiger partial charge in [-0.1, -0.05) is 18.2 Å². The van der Waals surface area contributed by atoms with Gasteiger partial charge in [0.05, 0.1) is 13.2 Å². The molecule has 112 valence electrons. The highest BCUT2D eigenvalue weighted by atomic mass is 19.1. The van der Waals surface area contributed by atoms with Gasteiger partial charge < -0.3 is 4.74 Å². The van der Waals surface area contributed by atoms with Crippen LogP contribution in [0.4, 0.5) is 4.39 Å². The number of aromatic amines is 1. The Kier molecular flexibility index (Phi) is 4.26. The summed E-state index contributed by atoms with van der Waals surface area (Å²) < 4.78 is 19.0. The summed E-state index contributed by atoms with van der Waals surface area (Å²) >= 11 is 0. The Morgan fingerprint density at radius 1 is 1.38 bits per heavy atom. The van der Waals surface area contributed by atoms with E-state index in [9.17, 15) is 4.39 Å². The summed E-state index contributed by atoms with van der Waals surface area (Å²) in [6.07, 6.45) is 0.975. The van der Waals surface area contributed by atoms with Crippen LogP contribution in [0.2, 0.25) is 0 Å². The van der Waals surface area contributed by atoms with E-state index < -0.39 is 0 Å². The molecule has 1 aliphatic heterocycles. The van der Waals surface area contributed by atoms with E-state index in [1.807, 2.05) is 18.0 Å².